The standard InChI is InChI=1S/C22H24N2O2S2/c1-4-26-19-10-8-17(9-11-19)22-23-18(13-28-22)12-27-14-21(25)24-20-7-5-6-15(2)16(20)3/h5-11,13H,4,12,14H2,1-3H3,(H,24,25). The first-order valence-electron chi connectivity index (χ1n) is 9.18. The molecule has 0 spiro atoms. The van der Waals surface area contributed by atoms with Crippen LogP contribution in [0, 0.1) is 13.8 Å². The number of hydrogen-bond acceptors (Lipinski definition) is 5. The average molecular weight is 413 g/mol. The van der Waals surface area contributed by atoms with Crippen molar-refractivity contribution >= 4 is 34.7 Å². The molecule has 3 rings (SSSR count). The number of ether oxygens (including phenoxy) is 1. The number of benzene rings is 2. The summed E-state index contributed by atoms with van der Waals surface area (Å²) in [4.78, 5) is 16.9. The van der Waals surface area contributed by atoms with Crippen molar-refractivity contribution in [3.8, 4) is 16.3 Å². The Labute approximate surface area is 174 Å². The molecule has 0 fully saturated rings. The molecule has 1 heterocycles. The van der Waals surface area contributed by atoms with E-state index in [0.29, 0.717) is 18.1 Å². The molecule has 0 saturated heterocycles. The van der Waals surface area contributed by atoms with Crippen LogP contribution in [0.25, 0.3) is 10.6 Å². The molecule has 0 bridgehead atoms. The molecular formula is C22H24N2O2S2. The van der Waals surface area contributed by atoms with Crippen molar-refractivity contribution in [2.75, 3.05) is 17.7 Å². The van der Waals surface area contributed by atoms with E-state index in [1.165, 1.54) is 5.56 Å². The van der Waals surface area contributed by atoms with Crippen LogP contribution in [0.5, 0.6) is 5.75 Å². The van der Waals surface area contributed by atoms with Gasteiger partial charge >= 0.3 is 0 Å². The van der Waals surface area contributed by atoms with Crippen LogP contribution in [0.2, 0.25) is 0 Å². The second-order valence-electron chi connectivity index (χ2n) is 6.39. The molecule has 1 N–H and O–H groups in total. The molecule has 6 heteroatoms. The third-order valence-electron chi connectivity index (χ3n) is 4.33. The minimum atomic E-state index is 0.0145. The lowest BCUT2D eigenvalue weighted by Crippen LogP contribution is -2.15. The van der Waals surface area contributed by atoms with Gasteiger partial charge in [-0.2, -0.15) is 0 Å². The Morgan fingerprint density at radius 1 is 1.18 bits per heavy atom. The Hall–Kier alpha value is -2.31. The predicted molar refractivity (Wildman–Crippen MR) is 119 cm³/mol. The molecule has 0 saturated carbocycles. The van der Waals surface area contributed by atoms with Gasteiger partial charge in [0.15, 0.2) is 0 Å². The highest BCUT2D eigenvalue weighted by molar-refractivity contribution is 7.99. The van der Waals surface area contributed by atoms with E-state index >= 15 is 0 Å². The molecule has 0 unspecified atom stereocenters. The third kappa shape index (κ3) is 5.36. The lowest BCUT2D eigenvalue weighted by Gasteiger charge is -2.10. The number of thiazole rings is 1. The van der Waals surface area contributed by atoms with Gasteiger partial charge < -0.3 is 10.1 Å². The molecule has 0 aliphatic rings. The lowest BCUT2D eigenvalue weighted by atomic mass is 10.1. The Balaban J connectivity index is 1.50. The monoisotopic (exact) mass is 412 g/mol. The highest BCUT2D eigenvalue weighted by Gasteiger charge is 2.09. The molecule has 3 aromatic rings. The summed E-state index contributed by atoms with van der Waals surface area (Å²) in [5.41, 5.74) is 5.25. The van der Waals surface area contributed by atoms with Gasteiger partial charge in [0.25, 0.3) is 0 Å². The fourth-order valence-corrected chi connectivity index (χ4v) is 4.34. The summed E-state index contributed by atoms with van der Waals surface area (Å²) in [7, 11) is 0. The van der Waals surface area contributed by atoms with E-state index < -0.39 is 0 Å². The van der Waals surface area contributed by atoms with Crippen LogP contribution in [0.3, 0.4) is 0 Å². The number of nitrogens with one attached hydrogen (secondary N) is 1. The van der Waals surface area contributed by atoms with Gasteiger partial charge in [0, 0.05) is 22.4 Å². The molecule has 2 aromatic carbocycles. The Bertz CT molecular complexity index is 936. The van der Waals surface area contributed by atoms with E-state index in [4.69, 9.17) is 4.74 Å². The number of aromatic nitrogens is 1. The fourth-order valence-electron chi connectivity index (χ4n) is 2.69. The first-order chi connectivity index (χ1) is 13.6. The first kappa shape index (κ1) is 20.4. The molecule has 0 aliphatic carbocycles. The van der Waals surface area contributed by atoms with Gasteiger partial charge in [0.2, 0.25) is 5.91 Å². The zero-order valence-electron chi connectivity index (χ0n) is 16.3. The van der Waals surface area contributed by atoms with E-state index in [1.54, 1.807) is 23.1 Å². The molecule has 0 atom stereocenters. The quantitative estimate of drug-likeness (QED) is 0.516. The number of nitrogens with zero attached hydrogens (tertiary/aromatic N) is 1. The summed E-state index contributed by atoms with van der Waals surface area (Å²) < 4.78 is 5.48. The second kappa shape index (κ2) is 9.75. The van der Waals surface area contributed by atoms with Gasteiger partial charge in [-0.15, -0.1) is 23.1 Å². The third-order valence-corrected chi connectivity index (χ3v) is 6.23. The average Bonchev–Trinajstić information content (AvgIpc) is 3.15. The first-order valence-corrected chi connectivity index (χ1v) is 11.2. The Morgan fingerprint density at radius 2 is 1.96 bits per heavy atom. The number of rotatable bonds is 8. The maximum atomic E-state index is 12.2. The van der Waals surface area contributed by atoms with Crippen LogP contribution in [-0.2, 0) is 10.5 Å². The van der Waals surface area contributed by atoms with Gasteiger partial charge in [0.05, 0.1) is 18.1 Å². The highest BCUT2D eigenvalue weighted by Crippen LogP contribution is 2.27. The van der Waals surface area contributed by atoms with Crippen molar-refractivity contribution in [3.05, 3.63) is 64.7 Å². The van der Waals surface area contributed by atoms with E-state index in [0.717, 1.165) is 33.3 Å². The van der Waals surface area contributed by atoms with Gasteiger partial charge in [-0.1, -0.05) is 12.1 Å². The number of carbonyl (C=O) groups excluding carboxylic acids is 1. The summed E-state index contributed by atoms with van der Waals surface area (Å²) in [6.45, 7) is 6.70. The van der Waals surface area contributed by atoms with Crippen LogP contribution >= 0.6 is 23.1 Å². The van der Waals surface area contributed by atoms with Crippen molar-refractivity contribution in [1.29, 1.82) is 0 Å². The van der Waals surface area contributed by atoms with Crippen LogP contribution in [0.4, 0.5) is 5.69 Å². The minimum absolute atomic E-state index is 0.0145. The van der Waals surface area contributed by atoms with Crippen molar-refractivity contribution in [2.24, 2.45) is 0 Å². The van der Waals surface area contributed by atoms with Crippen LogP contribution in [-0.4, -0.2) is 23.3 Å². The molecule has 1 aromatic heterocycles. The second-order valence-corrected chi connectivity index (χ2v) is 8.23. The molecular weight excluding hydrogens is 388 g/mol. The predicted octanol–water partition coefficient (Wildman–Crippen LogP) is 5.70. The molecule has 28 heavy (non-hydrogen) atoms. The number of aryl methyl sites for hydroxylation is 1. The SMILES string of the molecule is CCOc1ccc(-c2nc(CSCC(=O)Nc3cccc(C)c3C)cs2)cc1. The number of hydrogen-bond donors (Lipinski definition) is 1. The minimum Gasteiger partial charge on any atom is -0.494 e. The molecule has 1 amide bonds. The van der Waals surface area contributed by atoms with Crippen molar-refractivity contribution in [1.82, 2.24) is 4.98 Å². The smallest absolute Gasteiger partial charge is 0.234 e. The summed E-state index contributed by atoms with van der Waals surface area (Å²) in [6, 6.07) is 13.9. The lowest BCUT2D eigenvalue weighted by molar-refractivity contribution is -0.113. The molecule has 146 valence electrons. The van der Waals surface area contributed by atoms with E-state index in [2.05, 4.69) is 15.7 Å². The van der Waals surface area contributed by atoms with Gasteiger partial charge in [-0.3, -0.25) is 4.79 Å². The topological polar surface area (TPSA) is 51.2 Å². The zero-order chi connectivity index (χ0) is 19.9. The highest BCUT2D eigenvalue weighted by atomic mass is 32.2. The number of amides is 1. The van der Waals surface area contributed by atoms with Crippen LogP contribution < -0.4 is 10.1 Å². The van der Waals surface area contributed by atoms with Crippen LogP contribution in [0.15, 0.2) is 47.8 Å². The summed E-state index contributed by atoms with van der Waals surface area (Å²) in [6.07, 6.45) is 0. The van der Waals surface area contributed by atoms with Crippen LogP contribution in [0.1, 0.15) is 23.7 Å². The van der Waals surface area contributed by atoms with Crippen molar-refractivity contribution < 1.29 is 9.53 Å². The fraction of sp³-hybridized carbons (Fsp3) is 0.273. The largest absolute Gasteiger partial charge is 0.494 e. The molecule has 4 nitrogen and oxygen atoms in total. The van der Waals surface area contributed by atoms with E-state index in [9.17, 15) is 4.79 Å². The van der Waals surface area contributed by atoms with E-state index in [-0.39, 0.29) is 5.91 Å². The maximum absolute atomic E-state index is 12.2. The zero-order valence-corrected chi connectivity index (χ0v) is 18.0. The normalized spacial score (nSPS) is 10.7. The molecule has 0 aliphatic heterocycles. The number of carbonyl (C=O) groups is 1. The number of anilines is 1. The van der Waals surface area contributed by atoms with Gasteiger partial charge in [0.1, 0.15) is 10.8 Å². The van der Waals surface area contributed by atoms with Gasteiger partial charge in [-0.25, -0.2) is 4.98 Å². The van der Waals surface area contributed by atoms with Crippen molar-refractivity contribution in [2.45, 2.75) is 26.5 Å². The van der Waals surface area contributed by atoms with Crippen molar-refractivity contribution in [3.63, 3.8) is 0 Å². The number of thioether (sulfide) groups is 1. The van der Waals surface area contributed by atoms with E-state index in [1.807, 2.05) is 63.2 Å². The summed E-state index contributed by atoms with van der Waals surface area (Å²) in [5, 5.41) is 6.04. The summed E-state index contributed by atoms with van der Waals surface area (Å²) in [5.74, 6) is 2.01. The van der Waals surface area contributed by atoms with Gasteiger partial charge in [-0.05, 0) is 62.2 Å². The molecule has 0 radical (unpaired) electrons. The summed E-state index contributed by atoms with van der Waals surface area (Å²) >= 11 is 3.19. The maximum Gasteiger partial charge on any atom is 0.234 e. The Morgan fingerprint density at radius 3 is 2.71 bits per heavy atom. The Kier molecular flexibility index (Phi) is 7.12.